The molecule has 4 nitrogen and oxygen atoms in total. The lowest BCUT2D eigenvalue weighted by Gasteiger charge is -2.31. The average molecular weight is 577 g/mol. The van der Waals surface area contributed by atoms with Crippen molar-refractivity contribution in [3.63, 3.8) is 0 Å². The fourth-order valence-corrected chi connectivity index (χ4v) is 6.25. The third-order valence-corrected chi connectivity index (χ3v) is 8.92. The predicted molar refractivity (Wildman–Crippen MR) is 173 cm³/mol. The monoisotopic (exact) mass is 576 g/mol. The van der Waals surface area contributed by atoms with Crippen molar-refractivity contribution in [1.82, 2.24) is 4.90 Å². The highest BCUT2D eigenvalue weighted by atomic mass is 19.1. The molecular weight excluding hydrogens is 523 g/mol. The molecule has 3 rings (SSSR count). The minimum absolute atomic E-state index is 0.193. The molecule has 5 heteroatoms. The van der Waals surface area contributed by atoms with Crippen LogP contribution in [0.5, 0.6) is 11.5 Å². The number of hydrogen-bond donors (Lipinski definition) is 0. The molecule has 1 aliphatic heterocycles. The second-order valence-electron chi connectivity index (χ2n) is 12.0. The summed E-state index contributed by atoms with van der Waals surface area (Å²) in [5.74, 6) is 1.20. The fourth-order valence-electron chi connectivity index (χ4n) is 6.25. The highest BCUT2D eigenvalue weighted by Crippen LogP contribution is 2.39. The molecule has 0 bridgehead atoms. The number of unbranched alkanes of at least 4 members (excludes halogenated alkanes) is 9. The summed E-state index contributed by atoms with van der Waals surface area (Å²) in [4.78, 5) is 2.53. The van der Waals surface area contributed by atoms with E-state index in [1.807, 2.05) is 24.3 Å². The number of rotatable bonds is 19. The Bertz CT molecular complexity index is 1110. The lowest BCUT2D eigenvalue weighted by atomic mass is 9.74. The van der Waals surface area contributed by atoms with Gasteiger partial charge in [0.25, 0.3) is 0 Å². The summed E-state index contributed by atoms with van der Waals surface area (Å²) in [5.41, 5.74) is 3.01. The van der Waals surface area contributed by atoms with Crippen LogP contribution in [0.2, 0.25) is 0 Å². The third kappa shape index (κ3) is 10.8. The summed E-state index contributed by atoms with van der Waals surface area (Å²) in [5, 5.41) is 10.6. The zero-order chi connectivity index (χ0) is 30.0. The molecule has 1 atom stereocenters. The molecule has 0 radical (unpaired) electrons. The van der Waals surface area contributed by atoms with Crippen LogP contribution in [0.1, 0.15) is 114 Å². The Morgan fingerprint density at radius 1 is 0.810 bits per heavy atom. The first kappa shape index (κ1) is 33.7. The van der Waals surface area contributed by atoms with Gasteiger partial charge in [-0.2, -0.15) is 5.26 Å². The molecule has 1 fully saturated rings. The minimum atomic E-state index is -0.525. The van der Waals surface area contributed by atoms with Crippen LogP contribution in [0.15, 0.2) is 48.0 Å². The van der Waals surface area contributed by atoms with E-state index in [0.29, 0.717) is 11.5 Å². The van der Waals surface area contributed by atoms with E-state index in [2.05, 4.69) is 30.0 Å². The van der Waals surface area contributed by atoms with Crippen molar-refractivity contribution in [3.8, 4) is 17.6 Å². The Kier molecular flexibility index (Phi) is 14.9. The maximum Gasteiger partial charge on any atom is 0.161 e. The van der Waals surface area contributed by atoms with Gasteiger partial charge in [-0.05, 0) is 74.0 Å². The van der Waals surface area contributed by atoms with Crippen LogP contribution in [-0.4, -0.2) is 38.8 Å². The first-order chi connectivity index (χ1) is 20.5. The van der Waals surface area contributed by atoms with Gasteiger partial charge < -0.3 is 14.4 Å². The van der Waals surface area contributed by atoms with E-state index in [4.69, 9.17) is 9.47 Å². The van der Waals surface area contributed by atoms with E-state index in [0.717, 1.165) is 69.3 Å². The Labute approximate surface area is 254 Å². The summed E-state index contributed by atoms with van der Waals surface area (Å²) in [7, 11) is 3.31. The van der Waals surface area contributed by atoms with Crippen molar-refractivity contribution in [2.75, 3.05) is 33.9 Å². The van der Waals surface area contributed by atoms with Gasteiger partial charge in [0.2, 0.25) is 0 Å². The molecule has 230 valence electrons. The van der Waals surface area contributed by atoms with E-state index in [1.165, 1.54) is 75.5 Å². The number of likely N-dealkylation sites (tertiary alicyclic amines) is 1. The molecule has 0 N–H and O–H groups in total. The molecule has 0 saturated carbocycles. The van der Waals surface area contributed by atoms with Crippen LogP contribution in [0, 0.1) is 17.1 Å². The van der Waals surface area contributed by atoms with E-state index in [-0.39, 0.29) is 5.82 Å². The topological polar surface area (TPSA) is 45.5 Å². The first-order valence-electron chi connectivity index (χ1n) is 16.3. The number of ether oxygens (including phenoxy) is 2. The molecule has 0 aromatic heterocycles. The summed E-state index contributed by atoms with van der Waals surface area (Å²) in [6, 6.07) is 15.5. The summed E-state index contributed by atoms with van der Waals surface area (Å²) >= 11 is 0. The van der Waals surface area contributed by atoms with Crippen LogP contribution in [0.3, 0.4) is 0 Å². The average Bonchev–Trinajstić information content (AvgIpc) is 3.02. The molecule has 0 aliphatic carbocycles. The third-order valence-electron chi connectivity index (χ3n) is 8.92. The molecule has 1 saturated heterocycles. The second kappa shape index (κ2) is 18.6. The van der Waals surface area contributed by atoms with E-state index >= 15 is 0 Å². The van der Waals surface area contributed by atoms with Crippen molar-refractivity contribution in [2.24, 2.45) is 0 Å². The molecule has 1 heterocycles. The molecule has 42 heavy (non-hydrogen) atoms. The van der Waals surface area contributed by atoms with Crippen molar-refractivity contribution in [2.45, 2.75) is 109 Å². The largest absolute Gasteiger partial charge is 0.493 e. The highest BCUT2D eigenvalue weighted by molar-refractivity contribution is 5.53. The lowest BCUT2D eigenvalue weighted by Crippen LogP contribution is -2.33. The number of nitriles is 1. The highest BCUT2D eigenvalue weighted by Gasteiger charge is 2.33. The van der Waals surface area contributed by atoms with Crippen LogP contribution in [0.4, 0.5) is 4.39 Å². The van der Waals surface area contributed by atoms with Crippen molar-refractivity contribution < 1.29 is 13.9 Å². The number of methoxy groups -OCH3 is 2. The zero-order valence-electron chi connectivity index (χ0n) is 26.4. The minimum Gasteiger partial charge on any atom is -0.493 e. The summed E-state index contributed by atoms with van der Waals surface area (Å²) in [6.07, 6.45) is 19.9. The van der Waals surface area contributed by atoms with E-state index in [9.17, 15) is 9.65 Å². The van der Waals surface area contributed by atoms with Gasteiger partial charge in [0.15, 0.2) is 11.5 Å². The number of halogens is 1. The second-order valence-corrected chi connectivity index (χ2v) is 12.0. The van der Waals surface area contributed by atoms with Gasteiger partial charge in [0.1, 0.15) is 5.82 Å². The zero-order valence-corrected chi connectivity index (χ0v) is 26.4. The molecule has 2 aromatic carbocycles. The quantitative estimate of drug-likeness (QED) is 0.156. The van der Waals surface area contributed by atoms with Crippen molar-refractivity contribution >= 4 is 6.08 Å². The van der Waals surface area contributed by atoms with Gasteiger partial charge in [-0.25, -0.2) is 4.39 Å². The van der Waals surface area contributed by atoms with Gasteiger partial charge in [-0.15, -0.1) is 0 Å². The number of nitrogens with zero attached hydrogens (tertiary/aromatic N) is 2. The summed E-state index contributed by atoms with van der Waals surface area (Å²) in [6.45, 7) is 5.32. The van der Waals surface area contributed by atoms with Crippen LogP contribution in [-0.2, 0) is 5.41 Å². The Balaban J connectivity index is 1.54. The van der Waals surface area contributed by atoms with E-state index in [1.54, 1.807) is 14.2 Å². The smallest absolute Gasteiger partial charge is 0.161 e. The van der Waals surface area contributed by atoms with Crippen molar-refractivity contribution in [1.29, 1.82) is 5.26 Å². The molecule has 0 spiro atoms. The van der Waals surface area contributed by atoms with Crippen LogP contribution < -0.4 is 9.47 Å². The summed E-state index contributed by atoms with van der Waals surface area (Å²) < 4.78 is 24.3. The molecule has 0 amide bonds. The Morgan fingerprint density at radius 3 is 2.00 bits per heavy atom. The van der Waals surface area contributed by atoms with Crippen LogP contribution in [0.25, 0.3) is 6.08 Å². The van der Waals surface area contributed by atoms with Gasteiger partial charge >= 0.3 is 0 Å². The maximum absolute atomic E-state index is 13.2. The molecular formula is C37H53FN2O2. The normalized spacial score (nSPS) is 15.2. The number of benzene rings is 2. The van der Waals surface area contributed by atoms with Crippen LogP contribution >= 0.6 is 0 Å². The molecule has 1 aliphatic rings. The molecule has 2 aromatic rings. The fraction of sp³-hybridized carbons (Fsp3) is 0.595. The number of piperidine rings is 1. The Morgan fingerprint density at radius 2 is 1.40 bits per heavy atom. The maximum atomic E-state index is 13.2. The molecule has 1 unspecified atom stereocenters. The van der Waals surface area contributed by atoms with Gasteiger partial charge in [0.05, 0.1) is 25.7 Å². The standard InChI is InChI=1S/C37H53FN2O2/c1-4-5-6-7-8-9-10-11-12-13-23-37(30-39,33-17-20-35(41-2)36(29-33)42-3)24-14-25-40-26-21-32(22-27-40)28-31-15-18-34(38)19-16-31/h15-20,28-29H,4-14,21-27H2,1-3H3. The van der Waals surface area contributed by atoms with Gasteiger partial charge in [0, 0.05) is 13.1 Å². The lowest BCUT2D eigenvalue weighted by molar-refractivity contribution is 0.243. The predicted octanol–water partition coefficient (Wildman–Crippen LogP) is 9.87. The van der Waals surface area contributed by atoms with Crippen molar-refractivity contribution in [3.05, 3.63) is 65.0 Å². The van der Waals surface area contributed by atoms with Gasteiger partial charge in [-0.3, -0.25) is 0 Å². The number of hydrogen-bond acceptors (Lipinski definition) is 4. The Hall–Kier alpha value is -2.84. The van der Waals surface area contributed by atoms with Gasteiger partial charge in [-0.1, -0.05) is 101 Å². The van der Waals surface area contributed by atoms with E-state index < -0.39 is 5.41 Å². The SMILES string of the molecule is CCCCCCCCCCCCC(C#N)(CCCN1CCC(=Cc2ccc(F)cc2)CC1)c1ccc(OC)c(OC)c1. The first-order valence-corrected chi connectivity index (χ1v) is 16.3.